The summed E-state index contributed by atoms with van der Waals surface area (Å²) in [5.41, 5.74) is 1.45. The van der Waals surface area contributed by atoms with Gasteiger partial charge in [-0.2, -0.15) is 9.64 Å². The van der Waals surface area contributed by atoms with Gasteiger partial charge in [0.15, 0.2) is 5.15 Å². The number of hydrogen-bond donors (Lipinski definition) is 1. The Kier molecular flexibility index (Phi) is 5.93. The lowest BCUT2D eigenvalue weighted by atomic mass is 10.0. The number of anilines is 1. The third-order valence-corrected chi connectivity index (χ3v) is 5.49. The number of benzene rings is 1. The third-order valence-electron chi connectivity index (χ3n) is 3.97. The summed E-state index contributed by atoms with van der Waals surface area (Å²) in [5, 5.41) is 14.2. The van der Waals surface area contributed by atoms with Crippen LogP contribution in [0.15, 0.2) is 24.3 Å². The minimum atomic E-state index is 0.0787. The Labute approximate surface area is 154 Å². The van der Waals surface area contributed by atoms with Crippen LogP contribution in [0.5, 0.6) is 0 Å². The molecule has 0 saturated carbocycles. The van der Waals surface area contributed by atoms with Gasteiger partial charge in [0.1, 0.15) is 16.6 Å². The van der Waals surface area contributed by atoms with Gasteiger partial charge in [-0.1, -0.05) is 41.4 Å². The third kappa shape index (κ3) is 3.82. The molecule has 1 aromatic heterocycles. The van der Waals surface area contributed by atoms with Gasteiger partial charge in [-0.05, 0) is 23.2 Å². The summed E-state index contributed by atoms with van der Waals surface area (Å²) in [5.74, 6) is 0. The summed E-state index contributed by atoms with van der Waals surface area (Å²) in [6.07, 6.45) is 0. The highest BCUT2D eigenvalue weighted by atomic mass is 35.5. The van der Waals surface area contributed by atoms with Crippen molar-refractivity contribution in [2.45, 2.75) is 6.04 Å². The first-order valence-corrected chi connectivity index (χ1v) is 9.09. The number of aromatic nitrogens is 1. The fraction of sp³-hybridized carbons (Fsp3) is 0.375. The van der Waals surface area contributed by atoms with Crippen molar-refractivity contribution in [1.29, 1.82) is 5.26 Å². The fourth-order valence-corrected chi connectivity index (χ4v) is 3.95. The summed E-state index contributed by atoms with van der Waals surface area (Å²) in [7, 11) is 0. The van der Waals surface area contributed by atoms with Crippen molar-refractivity contribution in [3.8, 4) is 6.07 Å². The lowest BCUT2D eigenvalue weighted by Crippen LogP contribution is -2.41. The molecule has 1 aliphatic rings. The van der Waals surface area contributed by atoms with E-state index in [-0.39, 0.29) is 11.2 Å². The highest BCUT2D eigenvalue weighted by molar-refractivity contribution is 7.10. The first kappa shape index (κ1) is 17.5. The molecule has 0 unspecified atom stereocenters. The minimum Gasteiger partial charge on any atom is -0.379 e. The van der Waals surface area contributed by atoms with Crippen LogP contribution < -0.4 is 5.32 Å². The van der Waals surface area contributed by atoms with E-state index in [1.165, 1.54) is 11.5 Å². The van der Waals surface area contributed by atoms with Crippen molar-refractivity contribution in [2.75, 3.05) is 38.2 Å². The van der Waals surface area contributed by atoms with Crippen LogP contribution in [-0.2, 0) is 4.74 Å². The average molecular weight is 383 g/mol. The van der Waals surface area contributed by atoms with Gasteiger partial charge in [0, 0.05) is 24.7 Å². The van der Waals surface area contributed by atoms with Crippen LogP contribution in [0.25, 0.3) is 0 Å². The van der Waals surface area contributed by atoms with E-state index >= 15 is 0 Å². The largest absolute Gasteiger partial charge is 0.379 e. The fourth-order valence-electron chi connectivity index (χ4n) is 2.75. The molecular weight excluding hydrogens is 367 g/mol. The van der Waals surface area contributed by atoms with E-state index in [9.17, 15) is 5.26 Å². The molecule has 2 heterocycles. The van der Waals surface area contributed by atoms with Crippen LogP contribution >= 0.6 is 34.7 Å². The van der Waals surface area contributed by atoms with Crippen LogP contribution in [0, 0.1) is 11.3 Å². The Morgan fingerprint density at radius 1 is 1.33 bits per heavy atom. The van der Waals surface area contributed by atoms with Crippen molar-refractivity contribution in [3.05, 3.63) is 45.6 Å². The summed E-state index contributed by atoms with van der Waals surface area (Å²) in [6.45, 7) is 3.70. The smallest absolute Gasteiger partial charge is 0.162 e. The number of rotatable bonds is 5. The van der Waals surface area contributed by atoms with Crippen LogP contribution in [-0.4, -0.2) is 42.1 Å². The average Bonchev–Trinajstić information content (AvgIpc) is 2.97. The number of ether oxygens (including phenoxy) is 1. The van der Waals surface area contributed by atoms with Crippen LogP contribution in [0.3, 0.4) is 0 Å². The Morgan fingerprint density at radius 3 is 2.79 bits per heavy atom. The molecule has 3 rings (SSSR count). The molecule has 0 radical (unpaired) electrons. The highest BCUT2D eigenvalue weighted by Crippen LogP contribution is 2.31. The highest BCUT2D eigenvalue weighted by Gasteiger charge is 2.25. The van der Waals surface area contributed by atoms with Crippen LogP contribution in [0.2, 0.25) is 10.2 Å². The van der Waals surface area contributed by atoms with Crippen LogP contribution in [0.1, 0.15) is 17.2 Å². The molecular formula is C16H16Cl2N4OS. The quantitative estimate of drug-likeness (QED) is 0.851. The molecule has 0 spiro atoms. The summed E-state index contributed by atoms with van der Waals surface area (Å²) >= 11 is 13.6. The number of nitrogens with zero attached hydrogens (tertiary/aromatic N) is 3. The molecule has 0 bridgehead atoms. The molecule has 24 heavy (non-hydrogen) atoms. The maximum atomic E-state index is 9.21. The Balaban J connectivity index is 1.82. The number of hydrogen-bond acceptors (Lipinski definition) is 6. The van der Waals surface area contributed by atoms with Crippen molar-refractivity contribution >= 4 is 39.7 Å². The van der Waals surface area contributed by atoms with Gasteiger partial charge < -0.3 is 10.1 Å². The van der Waals surface area contributed by atoms with Gasteiger partial charge in [-0.25, -0.2) is 0 Å². The van der Waals surface area contributed by atoms with E-state index in [1.54, 1.807) is 0 Å². The number of nitriles is 1. The standard InChI is InChI=1S/C16H16Cl2N4OS/c17-13-4-2-1-3-11(13)14(22-5-7-23-8-6-22)10-20-16-12(9-19)15(18)21-24-16/h1-4,14,20H,5-8,10H2/t14-/m0/s1. The lowest BCUT2D eigenvalue weighted by Gasteiger charge is -2.35. The number of morpholine rings is 1. The Morgan fingerprint density at radius 2 is 2.08 bits per heavy atom. The molecule has 1 aromatic carbocycles. The summed E-state index contributed by atoms with van der Waals surface area (Å²) in [6, 6.07) is 10.0. The van der Waals surface area contributed by atoms with Gasteiger partial charge >= 0.3 is 0 Å². The topological polar surface area (TPSA) is 61.2 Å². The van der Waals surface area contributed by atoms with Gasteiger partial charge in [-0.3, -0.25) is 4.90 Å². The van der Waals surface area contributed by atoms with E-state index in [0.717, 1.165) is 23.7 Å². The molecule has 1 atom stereocenters. The maximum Gasteiger partial charge on any atom is 0.162 e. The number of halogens is 2. The van der Waals surface area contributed by atoms with E-state index in [2.05, 4.69) is 20.7 Å². The predicted octanol–water partition coefficient (Wildman–Crippen LogP) is 3.81. The first-order valence-electron chi connectivity index (χ1n) is 7.56. The molecule has 8 heteroatoms. The molecule has 1 aliphatic heterocycles. The van der Waals surface area contributed by atoms with Crippen LogP contribution in [0.4, 0.5) is 5.00 Å². The van der Waals surface area contributed by atoms with Gasteiger partial charge in [-0.15, -0.1) is 0 Å². The van der Waals surface area contributed by atoms with E-state index < -0.39 is 0 Å². The summed E-state index contributed by atoms with van der Waals surface area (Å²) < 4.78 is 9.49. The molecule has 126 valence electrons. The monoisotopic (exact) mass is 382 g/mol. The first-order chi connectivity index (χ1) is 11.7. The molecule has 2 aromatic rings. The predicted molar refractivity (Wildman–Crippen MR) is 96.9 cm³/mol. The van der Waals surface area contributed by atoms with Crippen molar-refractivity contribution in [1.82, 2.24) is 9.27 Å². The number of nitrogens with one attached hydrogen (secondary N) is 1. The zero-order valence-corrected chi connectivity index (χ0v) is 15.2. The second kappa shape index (κ2) is 8.15. The second-order valence-electron chi connectivity index (χ2n) is 5.36. The zero-order chi connectivity index (χ0) is 16.9. The van der Waals surface area contributed by atoms with Gasteiger partial charge in [0.2, 0.25) is 0 Å². The molecule has 1 N–H and O–H groups in total. The maximum absolute atomic E-state index is 9.21. The SMILES string of the molecule is N#Cc1c(Cl)nsc1NC[C@@H](c1ccccc1Cl)N1CCOCC1. The van der Waals surface area contributed by atoms with Gasteiger partial charge in [0.25, 0.3) is 0 Å². The summed E-state index contributed by atoms with van der Waals surface area (Å²) in [4.78, 5) is 2.34. The molecule has 1 saturated heterocycles. The zero-order valence-electron chi connectivity index (χ0n) is 12.8. The normalized spacial score (nSPS) is 16.5. The lowest BCUT2D eigenvalue weighted by molar-refractivity contribution is 0.0187. The second-order valence-corrected chi connectivity index (χ2v) is 6.89. The van der Waals surface area contributed by atoms with Crippen molar-refractivity contribution in [3.63, 3.8) is 0 Å². The van der Waals surface area contributed by atoms with Crippen molar-refractivity contribution in [2.24, 2.45) is 0 Å². The molecule has 5 nitrogen and oxygen atoms in total. The molecule has 1 fully saturated rings. The molecule has 0 aliphatic carbocycles. The van der Waals surface area contributed by atoms with Gasteiger partial charge in [0.05, 0.1) is 19.3 Å². The van der Waals surface area contributed by atoms with E-state index in [0.29, 0.717) is 30.3 Å². The molecule has 0 amide bonds. The van der Waals surface area contributed by atoms with Crippen molar-refractivity contribution < 1.29 is 4.74 Å². The van der Waals surface area contributed by atoms with E-state index in [1.807, 2.05) is 24.3 Å². The Bertz CT molecular complexity index is 740. The van der Waals surface area contributed by atoms with E-state index in [4.69, 9.17) is 27.9 Å². The Hall–Kier alpha value is -1.36. The minimum absolute atomic E-state index is 0.0787.